The average Bonchev–Trinajstić information content (AvgIpc) is 3.53. The van der Waals surface area contributed by atoms with E-state index in [-0.39, 0.29) is 34.2 Å². The zero-order valence-electron chi connectivity index (χ0n) is 27.4. The van der Waals surface area contributed by atoms with Crippen LogP contribution in [0.1, 0.15) is 58.5 Å². The zero-order valence-corrected chi connectivity index (χ0v) is 29.7. The van der Waals surface area contributed by atoms with Crippen molar-refractivity contribution in [2.75, 3.05) is 0 Å². The van der Waals surface area contributed by atoms with Crippen LogP contribution in [0.2, 0.25) is 10.0 Å². The molecule has 0 fully saturated rings. The van der Waals surface area contributed by atoms with Crippen LogP contribution in [-0.2, 0) is 32.6 Å². The number of aryl methyl sites for hydroxylation is 1. The molecule has 48 heavy (non-hydrogen) atoms. The number of alkyl carbamates (subject to hydrolysis) is 2. The summed E-state index contributed by atoms with van der Waals surface area (Å²) in [4.78, 5) is 43.3. The molecule has 5 aromatic rings. The van der Waals surface area contributed by atoms with E-state index in [0.717, 1.165) is 9.54 Å². The van der Waals surface area contributed by atoms with E-state index >= 15 is 0 Å². The molecule has 0 aliphatic heterocycles. The maximum Gasteiger partial charge on any atom is 0.407 e. The number of rotatable bonds is 6. The Labute approximate surface area is 287 Å². The van der Waals surface area contributed by atoms with Crippen molar-refractivity contribution in [2.45, 2.75) is 77.7 Å². The molecule has 3 N–H and O–H groups in total. The van der Waals surface area contributed by atoms with Crippen LogP contribution in [0.3, 0.4) is 0 Å². The summed E-state index contributed by atoms with van der Waals surface area (Å²) in [5, 5.41) is 5.83. The van der Waals surface area contributed by atoms with Gasteiger partial charge in [-0.2, -0.15) is 0 Å². The van der Waals surface area contributed by atoms with Crippen molar-refractivity contribution in [3.05, 3.63) is 76.0 Å². The monoisotopic (exact) mass is 718 g/mol. The van der Waals surface area contributed by atoms with Gasteiger partial charge >= 0.3 is 12.2 Å². The molecule has 0 atom stereocenters. The number of H-pyrrole nitrogens is 1. The molecule has 4 heterocycles. The predicted molar refractivity (Wildman–Crippen MR) is 181 cm³/mol. The molecule has 1 aromatic carbocycles. The highest BCUT2D eigenvalue weighted by molar-refractivity contribution is 7.90. The van der Waals surface area contributed by atoms with E-state index < -0.39 is 33.4 Å². The van der Waals surface area contributed by atoms with Crippen molar-refractivity contribution in [3.63, 3.8) is 0 Å². The van der Waals surface area contributed by atoms with Crippen molar-refractivity contribution in [1.82, 2.24) is 39.5 Å². The summed E-state index contributed by atoms with van der Waals surface area (Å²) >= 11 is 12.2. The lowest BCUT2D eigenvalue weighted by Crippen LogP contribution is -2.32. The number of nitrogens with zero attached hydrogens (tertiary/aromatic N) is 5. The van der Waals surface area contributed by atoms with Gasteiger partial charge in [0.25, 0.3) is 10.0 Å². The molecular formula is C31H36Cl2N8O6S. The number of carbonyl (C=O) groups is 2. The molecule has 0 aliphatic rings. The first-order valence-corrected chi connectivity index (χ1v) is 16.8. The smallest absolute Gasteiger partial charge is 0.407 e. The van der Waals surface area contributed by atoms with Crippen LogP contribution in [0.15, 0.2) is 53.9 Å². The largest absolute Gasteiger partial charge is 0.444 e. The summed E-state index contributed by atoms with van der Waals surface area (Å²) in [6.45, 7) is 12.9. The van der Waals surface area contributed by atoms with Gasteiger partial charge in [0.1, 0.15) is 22.2 Å². The van der Waals surface area contributed by atoms with E-state index in [2.05, 4.69) is 35.6 Å². The van der Waals surface area contributed by atoms with Crippen LogP contribution < -0.4 is 10.6 Å². The molecule has 17 heteroatoms. The number of fused-ring (bicyclic) bond motifs is 2. The fourth-order valence-electron chi connectivity index (χ4n) is 4.00. The lowest BCUT2D eigenvalue weighted by molar-refractivity contribution is 0.0511. The number of amides is 2. The third kappa shape index (κ3) is 9.55. The standard InChI is InChI=1S/C19H21ClN4O4S.C12H15ClN4O2/c1-12-5-7-14(8-6-12)29(26,27)24-11-15(20)16-17(24)21-9-13(23-16)10-22-18(25)28-19(2,3)4;1-12(2,3)19-11(18)16-5-7-4-14-10-9(17-7)8(13)6-15-10/h5-9,11H,10H2,1-4H3,(H,22,25);4,6H,5H2,1-3H3,(H,14,15)(H,16,18). The summed E-state index contributed by atoms with van der Waals surface area (Å²) in [7, 11) is -3.88. The Morgan fingerprint density at radius 3 is 1.90 bits per heavy atom. The molecule has 4 aromatic heterocycles. The SMILES string of the molecule is CC(C)(C)OC(=O)NCc1cnc2[nH]cc(Cl)c2n1.Cc1ccc(S(=O)(=O)n2cc(Cl)c3nc(CNC(=O)OC(C)(C)C)cnc32)cc1. The maximum atomic E-state index is 13.0. The third-order valence-corrected chi connectivity index (χ3v) is 8.28. The Kier molecular flexibility index (Phi) is 10.9. The number of benzene rings is 1. The van der Waals surface area contributed by atoms with Crippen molar-refractivity contribution < 1.29 is 27.5 Å². The number of nitrogens with one attached hydrogen (secondary N) is 3. The number of hydrogen-bond donors (Lipinski definition) is 3. The minimum absolute atomic E-state index is 0.0596. The molecule has 2 amide bonds. The highest BCUT2D eigenvalue weighted by Gasteiger charge is 2.23. The topological polar surface area (TPSA) is 183 Å². The van der Waals surface area contributed by atoms with Crippen LogP contribution in [-0.4, -0.2) is 60.7 Å². The van der Waals surface area contributed by atoms with Crippen LogP contribution in [0, 0.1) is 6.92 Å². The highest BCUT2D eigenvalue weighted by Crippen LogP contribution is 2.27. The first-order chi connectivity index (χ1) is 22.3. The fraction of sp³-hybridized carbons (Fsp3) is 0.355. The summed E-state index contributed by atoms with van der Waals surface area (Å²) < 4.78 is 37.2. The summed E-state index contributed by atoms with van der Waals surface area (Å²) in [5.41, 5.74) is 2.37. The minimum atomic E-state index is -3.88. The third-order valence-electron chi connectivity index (χ3n) is 6.06. The van der Waals surface area contributed by atoms with Gasteiger partial charge in [-0.05, 0) is 60.6 Å². The van der Waals surface area contributed by atoms with Crippen LogP contribution in [0.4, 0.5) is 9.59 Å². The summed E-state index contributed by atoms with van der Waals surface area (Å²) in [6, 6.07) is 6.48. The van der Waals surface area contributed by atoms with Crippen LogP contribution in [0.5, 0.6) is 0 Å². The first kappa shape index (κ1) is 36.4. The van der Waals surface area contributed by atoms with E-state index in [4.69, 9.17) is 32.7 Å². The van der Waals surface area contributed by atoms with Gasteiger partial charge in [0, 0.05) is 12.4 Å². The molecule has 0 saturated carbocycles. The van der Waals surface area contributed by atoms with Gasteiger partial charge in [-0.1, -0.05) is 40.9 Å². The van der Waals surface area contributed by atoms with E-state index in [1.54, 1.807) is 66.1 Å². The molecule has 5 rings (SSSR count). The number of ether oxygens (including phenoxy) is 2. The van der Waals surface area contributed by atoms with Crippen molar-refractivity contribution >= 4 is 67.7 Å². The molecule has 0 radical (unpaired) electrons. The molecule has 0 spiro atoms. The summed E-state index contributed by atoms with van der Waals surface area (Å²) in [6.07, 6.45) is 4.77. The maximum absolute atomic E-state index is 13.0. The van der Waals surface area contributed by atoms with E-state index in [1.165, 1.54) is 24.5 Å². The molecular weight excluding hydrogens is 683 g/mol. The van der Waals surface area contributed by atoms with Gasteiger partial charge in [-0.25, -0.2) is 41.9 Å². The number of halogens is 2. The quantitative estimate of drug-likeness (QED) is 0.180. The second-order valence-corrected chi connectivity index (χ2v) is 15.2. The number of aromatic nitrogens is 6. The number of carbonyl (C=O) groups excluding carboxylic acids is 2. The fourth-order valence-corrected chi connectivity index (χ4v) is 5.78. The van der Waals surface area contributed by atoms with Gasteiger partial charge in [0.2, 0.25) is 0 Å². The highest BCUT2D eigenvalue weighted by atomic mass is 35.5. The number of aromatic amines is 1. The van der Waals surface area contributed by atoms with E-state index in [0.29, 0.717) is 27.6 Å². The normalized spacial score (nSPS) is 11.9. The molecule has 14 nitrogen and oxygen atoms in total. The van der Waals surface area contributed by atoms with Crippen molar-refractivity contribution in [2.24, 2.45) is 0 Å². The van der Waals surface area contributed by atoms with Gasteiger partial charge < -0.3 is 25.1 Å². The Bertz CT molecular complexity index is 2050. The Morgan fingerprint density at radius 2 is 1.35 bits per heavy atom. The second-order valence-electron chi connectivity index (χ2n) is 12.5. The predicted octanol–water partition coefficient (Wildman–Crippen LogP) is 6.29. The van der Waals surface area contributed by atoms with E-state index in [1.807, 2.05) is 6.92 Å². The lowest BCUT2D eigenvalue weighted by Gasteiger charge is -2.19. The first-order valence-electron chi connectivity index (χ1n) is 14.6. The second kappa shape index (κ2) is 14.3. The summed E-state index contributed by atoms with van der Waals surface area (Å²) in [5.74, 6) is 0. The average molecular weight is 720 g/mol. The van der Waals surface area contributed by atoms with Crippen molar-refractivity contribution in [3.8, 4) is 0 Å². The molecule has 0 unspecified atom stereocenters. The lowest BCUT2D eigenvalue weighted by atomic mass is 10.2. The van der Waals surface area contributed by atoms with Crippen LogP contribution in [0.25, 0.3) is 22.3 Å². The molecule has 0 saturated heterocycles. The molecule has 256 valence electrons. The van der Waals surface area contributed by atoms with Gasteiger partial charge in [-0.15, -0.1) is 0 Å². The van der Waals surface area contributed by atoms with Crippen LogP contribution >= 0.6 is 23.2 Å². The van der Waals surface area contributed by atoms with Gasteiger partial charge in [0.15, 0.2) is 11.3 Å². The minimum Gasteiger partial charge on any atom is -0.444 e. The Hall–Kier alpha value is -4.47. The number of hydrogen-bond acceptors (Lipinski definition) is 10. The Balaban J connectivity index is 0.000000237. The zero-order chi connectivity index (χ0) is 35.4. The van der Waals surface area contributed by atoms with Gasteiger partial charge in [-0.3, -0.25) is 0 Å². The van der Waals surface area contributed by atoms with Crippen molar-refractivity contribution in [1.29, 1.82) is 0 Å². The van der Waals surface area contributed by atoms with E-state index in [9.17, 15) is 18.0 Å². The van der Waals surface area contributed by atoms with Gasteiger partial charge in [0.05, 0.1) is 51.8 Å². The molecule has 0 bridgehead atoms. The molecule has 0 aliphatic carbocycles. The Morgan fingerprint density at radius 1 is 0.833 bits per heavy atom.